The van der Waals surface area contributed by atoms with Crippen molar-refractivity contribution < 1.29 is 19.8 Å². The number of aliphatic hydroxyl groups excluding tert-OH is 1. The van der Waals surface area contributed by atoms with Crippen LogP contribution < -0.4 is 5.32 Å². The molecule has 1 rings (SSSR count). The topological polar surface area (TPSA) is 86.6 Å². The Morgan fingerprint density at radius 2 is 1.95 bits per heavy atom. The van der Waals surface area contributed by atoms with E-state index in [1.54, 1.807) is 0 Å². The number of carboxylic acid groups (broad SMARTS) is 1. The van der Waals surface area contributed by atoms with E-state index in [1.165, 1.54) is 19.3 Å². The van der Waals surface area contributed by atoms with Crippen LogP contribution in [0.5, 0.6) is 0 Å². The molecular weight excluding hydrogens is 258 g/mol. The smallest absolute Gasteiger partial charge is 0.310 e. The highest BCUT2D eigenvalue weighted by atomic mass is 16.4. The molecule has 0 saturated heterocycles. The van der Waals surface area contributed by atoms with Gasteiger partial charge in [-0.2, -0.15) is 0 Å². The molecule has 0 atom stereocenters. The summed E-state index contributed by atoms with van der Waals surface area (Å²) in [4.78, 5) is 23.3. The van der Waals surface area contributed by atoms with E-state index in [9.17, 15) is 14.7 Å². The second-order valence-corrected chi connectivity index (χ2v) is 5.92. The van der Waals surface area contributed by atoms with Crippen LogP contribution in [0.25, 0.3) is 0 Å². The fourth-order valence-corrected chi connectivity index (χ4v) is 3.04. The van der Waals surface area contributed by atoms with Gasteiger partial charge in [0.25, 0.3) is 0 Å². The van der Waals surface area contributed by atoms with Crippen molar-refractivity contribution in [2.45, 2.75) is 58.3 Å². The summed E-state index contributed by atoms with van der Waals surface area (Å²) in [6.07, 6.45) is 6.54. The van der Waals surface area contributed by atoms with Crippen LogP contribution in [-0.4, -0.2) is 35.2 Å². The summed E-state index contributed by atoms with van der Waals surface area (Å²) in [5.41, 5.74) is -0.901. The SMILES string of the molecule is CCCCC1CCC(CC(=O)NCCO)(C(=O)O)CC1. The molecule has 1 amide bonds. The fourth-order valence-electron chi connectivity index (χ4n) is 3.04. The molecule has 0 aromatic rings. The van der Waals surface area contributed by atoms with E-state index < -0.39 is 11.4 Å². The van der Waals surface area contributed by atoms with E-state index in [4.69, 9.17) is 5.11 Å². The van der Waals surface area contributed by atoms with Crippen LogP contribution in [0.3, 0.4) is 0 Å². The predicted molar refractivity (Wildman–Crippen MR) is 76.3 cm³/mol. The highest BCUT2D eigenvalue weighted by molar-refractivity contribution is 5.85. The van der Waals surface area contributed by atoms with Crippen molar-refractivity contribution in [1.82, 2.24) is 5.32 Å². The molecule has 0 radical (unpaired) electrons. The summed E-state index contributed by atoms with van der Waals surface area (Å²) in [6, 6.07) is 0. The molecule has 5 nitrogen and oxygen atoms in total. The van der Waals surface area contributed by atoms with Gasteiger partial charge >= 0.3 is 5.97 Å². The van der Waals surface area contributed by atoms with Crippen LogP contribution in [0.2, 0.25) is 0 Å². The molecule has 0 aromatic carbocycles. The van der Waals surface area contributed by atoms with E-state index in [2.05, 4.69) is 12.2 Å². The Morgan fingerprint density at radius 3 is 2.45 bits per heavy atom. The van der Waals surface area contributed by atoms with Gasteiger partial charge in [-0.3, -0.25) is 9.59 Å². The van der Waals surface area contributed by atoms with Crippen molar-refractivity contribution in [3.8, 4) is 0 Å². The lowest BCUT2D eigenvalue weighted by atomic mass is 9.67. The molecule has 0 bridgehead atoms. The Hall–Kier alpha value is -1.10. The molecule has 0 aromatic heterocycles. The number of carbonyl (C=O) groups is 2. The molecule has 5 heteroatoms. The largest absolute Gasteiger partial charge is 0.481 e. The van der Waals surface area contributed by atoms with Gasteiger partial charge in [-0.1, -0.05) is 26.2 Å². The third kappa shape index (κ3) is 4.78. The van der Waals surface area contributed by atoms with Crippen molar-refractivity contribution in [3.63, 3.8) is 0 Å². The Balaban J connectivity index is 2.53. The van der Waals surface area contributed by atoms with Gasteiger partial charge in [-0.25, -0.2) is 0 Å². The van der Waals surface area contributed by atoms with Gasteiger partial charge in [0.1, 0.15) is 0 Å². The number of carbonyl (C=O) groups excluding carboxylic acids is 1. The average Bonchev–Trinajstić information content (AvgIpc) is 2.44. The molecule has 1 aliphatic carbocycles. The minimum absolute atomic E-state index is 0.0306. The molecular formula is C15H27NO4. The Kier molecular flexibility index (Phi) is 6.99. The monoisotopic (exact) mass is 285 g/mol. The zero-order valence-electron chi connectivity index (χ0n) is 12.4. The number of unbranched alkanes of at least 4 members (excludes halogenated alkanes) is 1. The Bertz CT molecular complexity index is 322. The lowest BCUT2D eigenvalue weighted by Crippen LogP contribution is -2.41. The van der Waals surface area contributed by atoms with E-state index in [0.717, 1.165) is 12.8 Å². The third-order valence-electron chi connectivity index (χ3n) is 4.41. The summed E-state index contributed by atoms with van der Waals surface area (Å²) < 4.78 is 0. The average molecular weight is 285 g/mol. The van der Waals surface area contributed by atoms with Crippen molar-refractivity contribution in [2.24, 2.45) is 11.3 Å². The van der Waals surface area contributed by atoms with Crippen molar-refractivity contribution in [2.75, 3.05) is 13.2 Å². The Labute approximate surface area is 120 Å². The highest BCUT2D eigenvalue weighted by Gasteiger charge is 2.43. The number of aliphatic hydroxyl groups is 1. The lowest BCUT2D eigenvalue weighted by Gasteiger charge is -2.36. The number of hydrogen-bond acceptors (Lipinski definition) is 3. The van der Waals surface area contributed by atoms with Gasteiger partial charge in [-0.15, -0.1) is 0 Å². The van der Waals surface area contributed by atoms with Gasteiger partial charge in [-0.05, 0) is 31.6 Å². The van der Waals surface area contributed by atoms with E-state index in [1.807, 2.05) is 0 Å². The van der Waals surface area contributed by atoms with Gasteiger partial charge in [0.05, 0.1) is 12.0 Å². The van der Waals surface area contributed by atoms with Crippen molar-refractivity contribution in [1.29, 1.82) is 0 Å². The number of rotatable bonds is 8. The number of hydrogen-bond donors (Lipinski definition) is 3. The minimum Gasteiger partial charge on any atom is -0.481 e. The second kappa shape index (κ2) is 8.25. The van der Waals surface area contributed by atoms with Crippen LogP contribution in [0.15, 0.2) is 0 Å². The van der Waals surface area contributed by atoms with Crippen molar-refractivity contribution >= 4 is 11.9 Å². The fraction of sp³-hybridized carbons (Fsp3) is 0.867. The van der Waals surface area contributed by atoms with Gasteiger partial charge in [0.2, 0.25) is 5.91 Å². The number of aliphatic carboxylic acids is 1. The first-order chi connectivity index (χ1) is 9.54. The first-order valence-corrected chi connectivity index (χ1v) is 7.65. The van der Waals surface area contributed by atoms with Crippen molar-refractivity contribution in [3.05, 3.63) is 0 Å². The zero-order chi connectivity index (χ0) is 15.0. The zero-order valence-corrected chi connectivity index (χ0v) is 12.4. The van der Waals surface area contributed by atoms with Crippen LogP contribution in [0, 0.1) is 11.3 Å². The molecule has 20 heavy (non-hydrogen) atoms. The van der Waals surface area contributed by atoms with Crippen LogP contribution in [0.1, 0.15) is 58.3 Å². The van der Waals surface area contributed by atoms with Crippen LogP contribution in [0.4, 0.5) is 0 Å². The van der Waals surface area contributed by atoms with Gasteiger partial charge in [0.15, 0.2) is 0 Å². The molecule has 3 N–H and O–H groups in total. The minimum atomic E-state index is -0.901. The summed E-state index contributed by atoms with van der Waals surface area (Å²) >= 11 is 0. The van der Waals surface area contributed by atoms with E-state index >= 15 is 0 Å². The highest BCUT2D eigenvalue weighted by Crippen LogP contribution is 2.43. The molecule has 1 aliphatic rings. The Morgan fingerprint density at radius 1 is 1.30 bits per heavy atom. The number of nitrogens with one attached hydrogen (secondary N) is 1. The normalized spacial score (nSPS) is 26.2. The molecule has 1 saturated carbocycles. The maximum Gasteiger partial charge on any atom is 0.310 e. The summed E-state index contributed by atoms with van der Waals surface area (Å²) in [6.45, 7) is 2.23. The summed E-state index contributed by atoms with van der Waals surface area (Å²) in [5.74, 6) is -0.512. The molecule has 0 unspecified atom stereocenters. The molecule has 1 fully saturated rings. The number of carboxylic acids is 1. The quantitative estimate of drug-likeness (QED) is 0.636. The predicted octanol–water partition coefficient (Wildman–Crippen LogP) is 1.94. The van der Waals surface area contributed by atoms with Gasteiger partial charge < -0.3 is 15.5 Å². The third-order valence-corrected chi connectivity index (χ3v) is 4.41. The summed E-state index contributed by atoms with van der Waals surface area (Å²) in [5, 5.41) is 20.7. The molecule has 0 spiro atoms. The standard InChI is InChI=1S/C15H27NO4/c1-2-3-4-12-5-7-15(8-6-12,14(19)20)11-13(18)16-9-10-17/h12,17H,2-11H2,1H3,(H,16,18)(H,19,20). The maximum absolute atomic E-state index is 11.7. The second-order valence-electron chi connectivity index (χ2n) is 5.92. The molecule has 116 valence electrons. The lowest BCUT2D eigenvalue weighted by molar-refractivity contribution is -0.154. The summed E-state index contributed by atoms with van der Waals surface area (Å²) in [7, 11) is 0. The number of amides is 1. The van der Waals surface area contributed by atoms with E-state index in [0.29, 0.717) is 18.8 Å². The molecule has 0 heterocycles. The van der Waals surface area contributed by atoms with Crippen LogP contribution >= 0.6 is 0 Å². The first kappa shape index (κ1) is 17.0. The first-order valence-electron chi connectivity index (χ1n) is 7.65. The van der Waals surface area contributed by atoms with E-state index in [-0.39, 0.29) is 25.5 Å². The van der Waals surface area contributed by atoms with Crippen LogP contribution in [-0.2, 0) is 9.59 Å². The molecule has 0 aliphatic heterocycles. The maximum atomic E-state index is 11.7. The van der Waals surface area contributed by atoms with Gasteiger partial charge in [0, 0.05) is 13.0 Å².